The number of nitrogens with zero attached hydrogens (tertiary/aromatic N) is 3. The molecule has 0 saturated heterocycles. The van der Waals surface area contributed by atoms with Crippen LogP contribution < -0.4 is 10.2 Å². The first-order valence-electron chi connectivity index (χ1n) is 8.75. The zero-order valence-corrected chi connectivity index (χ0v) is 14.2. The van der Waals surface area contributed by atoms with Crippen molar-refractivity contribution in [2.45, 2.75) is 26.1 Å². The van der Waals surface area contributed by atoms with E-state index in [0.29, 0.717) is 0 Å². The molecular formula is C21H22N4. The van der Waals surface area contributed by atoms with Crippen LogP contribution in [0, 0.1) is 0 Å². The van der Waals surface area contributed by atoms with Crippen molar-refractivity contribution in [1.29, 1.82) is 0 Å². The summed E-state index contributed by atoms with van der Waals surface area (Å²) in [5.41, 5.74) is 5.31. The van der Waals surface area contributed by atoms with Gasteiger partial charge in [0.15, 0.2) is 0 Å². The maximum atomic E-state index is 4.67. The molecule has 1 aliphatic heterocycles. The van der Waals surface area contributed by atoms with Gasteiger partial charge in [0.1, 0.15) is 5.82 Å². The molecule has 25 heavy (non-hydrogen) atoms. The molecule has 0 unspecified atom stereocenters. The Morgan fingerprint density at radius 3 is 2.68 bits per heavy atom. The van der Waals surface area contributed by atoms with Crippen LogP contribution in [0.4, 0.5) is 5.82 Å². The van der Waals surface area contributed by atoms with Gasteiger partial charge in [0.25, 0.3) is 0 Å². The van der Waals surface area contributed by atoms with Crippen molar-refractivity contribution in [2.24, 2.45) is 0 Å². The third kappa shape index (κ3) is 3.69. The maximum Gasteiger partial charge on any atom is 0.133 e. The highest BCUT2D eigenvalue weighted by atomic mass is 15.2. The predicted octanol–water partition coefficient (Wildman–Crippen LogP) is 3.33. The van der Waals surface area contributed by atoms with E-state index in [4.69, 9.17) is 0 Å². The van der Waals surface area contributed by atoms with Crippen molar-refractivity contribution in [1.82, 2.24) is 15.3 Å². The topological polar surface area (TPSA) is 41.1 Å². The smallest absolute Gasteiger partial charge is 0.133 e. The molecule has 0 bridgehead atoms. The number of hydrogen-bond donors (Lipinski definition) is 1. The molecule has 0 fully saturated rings. The standard InChI is InChI=1S/C21H22N4/c1-2-7-20-16-25(12-9-18(20)6-1)21-19(8-4-11-24-21)15-23-14-17-5-3-10-22-13-17/h1-8,10-11,13,23H,9,12,14-16H2. The summed E-state index contributed by atoms with van der Waals surface area (Å²) in [5.74, 6) is 1.09. The van der Waals surface area contributed by atoms with Gasteiger partial charge in [0, 0.05) is 50.3 Å². The Labute approximate surface area is 148 Å². The molecule has 2 aromatic heterocycles. The molecule has 3 aromatic rings. The molecule has 4 heteroatoms. The second kappa shape index (κ2) is 7.45. The summed E-state index contributed by atoms with van der Waals surface area (Å²) in [6, 6.07) is 17.0. The Kier molecular flexibility index (Phi) is 4.70. The van der Waals surface area contributed by atoms with Crippen molar-refractivity contribution >= 4 is 5.82 Å². The predicted molar refractivity (Wildman–Crippen MR) is 100 cm³/mol. The largest absolute Gasteiger partial charge is 0.352 e. The molecular weight excluding hydrogens is 308 g/mol. The highest BCUT2D eigenvalue weighted by Crippen LogP contribution is 2.25. The summed E-state index contributed by atoms with van der Waals surface area (Å²) in [4.78, 5) is 11.2. The number of benzene rings is 1. The Hall–Kier alpha value is -2.72. The van der Waals surface area contributed by atoms with Gasteiger partial charge in [-0.25, -0.2) is 4.98 Å². The van der Waals surface area contributed by atoms with Crippen LogP contribution in [-0.2, 0) is 26.1 Å². The molecule has 1 aromatic carbocycles. The Balaban J connectivity index is 1.46. The molecule has 1 N–H and O–H groups in total. The SMILES string of the molecule is c1cncc(CNCc2cccnc2N2CCc3ccccc3C2)c1. The lowest BCUT2D eigenvalue weighted by atomic mass is 9.99. The van der Waals surface area contributed by atoms with Gasteiger partial charge in [-0.2, -0.15) is 0 Å². The lowest BCUT2D eigenvalue weighted by molar-refractivity contribution is 0.672. The minimum atomic E-state index is 0.802. The van der Waals surface area contributed by atoms with Crippen molar-refractivity contribution in [3.63, 3.8) is 0 Å². The molecule has 4 nitrogen and oxygen atoms in total. The first-order valence-corrected chi connectivity index (χ1v) is 8.75. The van der Waals surface area contributed by atoms with Crippen molar-refractivity contribution in [2.75, 3.05) is 11.4 Å². The number of rotatable bonds is 5. The van der Waals surface area contributed by atoms with Crippen LogP contribution in [0.25, 0.3) is 0 Å². The molecule has 126 valence electrons. The number of aromatic nitrogens is 2. The van der Waals surface area contributed by atoms with Crippen LogP contribution in [0.3, 0.4) is 0 Å². The first-order chi connectivity index (χ1) is 12.4. The Morgan fingerprint density at radius 2 is 1.80 bits per heavy atom. The van der Waals surface area contributed by atoms with E-state index < -0.39 is 0 Å². The minimum absolute atomic E-state index is 0.802. The van der Waals surface area contributed by atoms with Crippen LogP contribution in [0.1, 0.15) is 22.3 Å². The molecule has 1 aliphatic rings. The van der Waals surface area contributed by atoms with Crippen molar-refractivity contribution in [3.8, 4) is 0 Å². The summed E-state index contributed by atoms with van der Waals surface area (Å²) < 4.78 is 0. The van der Waals surface area contributed by atoms with E-state index in [9.17, 15) is 0 Å². The zero-order valence-electron chi connectivity index (χ0n) is 14.2. The van der Waals surface area contributed by atoms with E-state index >= 15 is 0 Å². The van der Waals surface area contributed by atoms with Crippen molar-refractivity contribution < 1.29 is 0 Å². The third-order valence-electron chi connectivity index (χ3n) is 4.67. The van der Waals surface area contributed by atoms with E-state index in [1.54, 1.807) is 6.20 Å². The molecule has 3 heterocycles. The normalized spacial score (nSPS) is 13.5. The lowest BCUT2D eigenvalue weighted by Gasteiger charge is -2.31. The van der Waals surface area contributed by atoms with Crippen LogP contribution >= 0.6 is 0 Å². The Bertz CT molecular complexity index is 832. The van der Waals surface area contributed by atoms with Gasteiger partial charge < -0.3 is 10.2 Å². The molecule has 0 amide bonds. The summed E-state index contributed by atoms with van der Waals surface area (Å²) in [5, 5.41) is 3.51. The maximum absolute atomic E-state index is 4.67. The average molecular weight is 330 g/mol. The highest BCUT2D eigenvalue weighted by Gasteiger charge is 2.19. The molecule has 0 spiro atoms. The fraction of sp³-hybridized carbons (Fsp3) is 0.238. The fourth-order valence-electron chi connectivity index (χ4n) is 3.37. The summed E-state index contributed by atoms with van der Waals surface area (Å²) in [7, 11) is 0. The lowest BCUT2D eigenvalue weighted by Crippen LogP contribution is -2.32. The zero-order chi connectivity index (χ0) is 16.9. The molecule has 0 aliphatic carbocycles. The van der Waals surface area contributed by atoms with E-state index in [1.807, 2.05) is 24.5 Å². The first kappa shape index (κ1) is 15.8. The van der Waals surface area contributed by atoms with E-state index in [2.05, 4.69) is 56.6 Å². The quantitative estimate of drug-likeness (QED) is 0.779. The van der Waals surface area contributed by atoms with E-state index in [0.717, 1.165) is 38.4 Å². The summed E-state index contributed by atoms with van der Waals surface area (Å²) >= 11 is 0. The van der Waals surface area contributed by atoms with Crippen LogP contribution in [-0.4, -0.2) is 16.5 Å². The number of nitrogens with one attached hydrogen (secondary N) is 1. The van der Waals surface area contributed by atoms with Crippen LogP contribution in [0.15, 0.2) is 67.1 Å². The van der Waals surface area contributed by atoms with Gasteiger partial charge >= 0.3 is 0 Å². The van der Waals surface area contributed by atoms with Gasteiger partial charge in [0.05, 0.1) is 0 Å². The van der Waals surface area contributed by atoms with Crippen LogP contribution in [0.2, 0.25) is 0 Å². The van der Waals surface area contributed by atoms with Gasteiger partial charge in [-0.3, -0.25) is 4.98 Å². The van der Waals surface area contributed by atoms with Gasteiger partial charge in [-0.15, -0.1) is 0 Å². The monoisotopic (exact) mass is 330 g/mol. The van der Waals surface area contributed by atoms with Gasteiger partial charge in [0.2, 0.25) is 0 Å². The number of anilines is 1. The summed E-state index contributed by atoms with van der Waals surface area (Å²) in [6.07, 6.45) is 6.67. The van der Waals surface area contributed by atoms with Gasteiger partial charge in [-0.1, -0.05) is 36.4 Å². The molecule has 0 atom stereocenters. The van der Waals surface area contributed by atoms with E-state index in [1.165, 1.54) is 22.3 Å². The minimum Gasteiger partial charge on any atom is -0.352 e. The molecule has 4 rings (SSSR count). The number of pyridine rings is 2. The average Bonchev–Trinajstić information content (AvgIpc) is 2.69. The van der Waals surface area contributed by atoms with Crippen molar-refractivity contribution in [3.05, 3.63) is 89.4 Å². The van der Waals surface area contributed by atoms with E-state index in [-0.39, 0.29) is 0 Å². The highest BCUT2D eigenvalue weighted by molar-refractivity contribution is 5.49. The van der Waals surface area contributed by atoms with Crippen LogP contribution in [0.5, 0.6) is 0 Å². The Morgan fingerprint density at radius 1 is 0.920 bits per heavy atom. The fourth-order valence-corrected chi connectivity index (χ4v) is 3.37. The second-order valence-electron chi connectivity index (χ2n) is 6.39. The number of hydrogen-bond acceptors (Lipinski definition) is 4. The molecule has 0 saturated carbocycles. The second-order valence-corrected chi connectivity index (χ2v) is 6.39. The third-order valence-corrected chi connectivity index (χ3v) is 4.67. The molecule has 0 radical (unpaired) electrons. The van der Waals surface area contributed by atoms with Gasteiger partial charge in [-0.05, 0) is 35.2 Å². The number of fused-ring (bicyclic) bond motifs is 1. The summed E-state index contributed by atoms with van der Waals surface area (Å²) in [6.45, 7) is 3.56.